The molecular formula is C43H88O3. The van der Waals surface area contributed by atoms with Crippen LogP contribution < -0.4 is 0 Å². The first-order valence-electron chi connectivity index (χ1n) is 20.7. The Morgan fingerprint density at radius 3 is 0.957 bits per heavy atom. The molecule has 0 radical (unpaired) electrons. The van der Waals surface area contributed by atoms with Gasteiger partial charge in [-0.05, 0) is 60.2 Å². The van der Waals surface area contributed by atoms with E-state index in [9.17, 15) is 5.11 Å². The highest BCUT2D eigenvalue weighted by atomic mass is 16.5. The molecule has 0 rings (SSSR count). The van der Waals surface area contributed by atoms with E-state index in [1.807, 2.05) is 0 Å². The molecule has 0 heterocycles. The Kier molecular flexibility index (Phi) is 30.8. The van der Waals surface area contributed by atoms with Crippen LogP contribution in [0.4, 0.5) is 0 Å². The van der Waals surface area contributed by atoms with E-state index in [0.29, 0.717) is 18.4 Å². The van der Waals surface area contributed by atoms with E-state index in [4.69, 9.17) is 9.47 Å². The van der Waals surface area contributed by atoms with Crippen molar-refractivity contribution in [2.45, 2.75) is 204 Å². The van der Waals surface area contributed by atoms with Crippen molar-refractivity contribution < 1.29 is 14.6 Å². The predicted octanol–water partition coefficient (Wildman–Crippen LogP) is 13.3. The molecule has 0 bridgehead atoms. The van der Waals surface area contributed by atoms with Crippen molar-refractivity contribution in [3.63, 3.8) is 0 Å². The standard InChI is InChI=1S/C43H88O3/c1-35(2)17-11-19-37(5)21-13-23-39(7)25-15-27-41(9)29-31-45-34-43(33-44)46-32-30-42(10)28-16-26-40(8)24-14-22-38(6)20-12-18-36(3)4/h35-44H,11-34H2,1-10H3/t37-,38+,39-,40+,41-,42+,43-/m1/s1. The Balaban J connectivity index is 3.77. The van der Waals surface area contributed by atoms with Gasteiger partial charge in [-0.3, -0.25) is 0 Å². The molecule has 0 amide bonds. The van der Waals surface area contributed by atoms with Gasteiger partial charge in [0, 0.05) is 13.2 Å². The number of hydrogen-bond acceptors (Lipinski definition) is 3. The zero-order valence-corrected chi connectivity index (χ0v) is 33.4. The van der Waals surface area contributed by atoms with Crippen LogP contribution in [-0.2, 0) is 9.47 Å². The summed E-state index contributed by atoms with van der Waals surface area (Å²) in [5.41, 5.74) is 0. The van der Waals surface area contributed by atoms with E-state index in [1.165, 1.54) is 116 Å². The topological polar surface area (TPSA) is 38.7 Å². The lowest BCUT2D eigenvalue weighted by Crippen LogP contribution is -2.25. The van der Waals surface area contributed by atoms with E-state index in [1.54, 1.807) is 0 Å². The van der Waals surface area contributed by atoms with Crippen molar-refractivity contribution in [1.29, 1.82) is 0 Å². The predicted molar refractivity (Wildman–Crippen MR) is 205 cm³/mol. The monoisotopic (exact) mass is 653 g/mol. The molecule has 0 saturated carbocycles. The third kappa shape index (κ3) is 31.2. The second-order valence-corrected chi connectivity index (χ2v) is 17.3. The van der Waals surface area contributed by atoms with Crippen LogP contribution in [0.1, 0.15) is 198 Å². The Morgan fingerprint density at radius 2 is 0.652 bits per heavy atom. The molecule has 3 heteroatoms. The maximum absolute atomic E-state index is 9.78. The summed E-state index contributed by atoms with van der Waals surface area (Å²) in [6.45, 7) is 25.9. The molecule has 0 aliphatic heterocycles. The molecule has 0 aliphatic carbocycles. The highest BCUT2D eigenvalue weighted by molar-refractivity contribution is 4.64. The molecule has 7 atom stereocenters. The lowest BCUT2D eigenvalue weighted by molar-refractivity contribution is -0.0471. The zero-order chi connectivity index (χ0) is 34.6. The maximum atomic E-state index is 9.78. The molecule has 0 unspecified atom stereocenters. The first-order chi connectivity index (χ1) is 21.9. The minimum atomic E-state index is -0.186. The van der Waals surface area contributed by atoms with Gasteiger partial charge in [-0.2, -0.15) is 0 Å². The lowest BCUT2D eigenvalue weighted by atomic mass is 9.91. The molecule has 0 spiro atoms. The van der Waals surface area contributed by atoms with Gasteiger partial charge in [0.15, 0.2) is 0 Å². The summed E-state index contributed by atoms with van der Waals surface area (Å²) < 4.78 is 11.9. The summed E-state index contributed by atoms with van der Waals surface area (Å²) >= 11 is 0. The number of aliphatic hydroxyl groups is 1. The third-order valence-corrected chi connectivity index (χ3v) is 10.8. The number of rotatable bonds is 34. The second-order valence-electron chi connectivity index (χ2n) is 17.3. The van der Waals surface area contributed by atoms with Crippen LogP contribution in [0.25, 0.3) is 0 Å². The van der Waals surface area contributed by atoms with E-state index in [2.05, 4.69) is 69.2 Å². The molecule has 46 heavy (non-hydrogen) atoms. The van der Waals surface area contributed by atoms with Crippen LogP contribution >= 0.6 is 0 Å². The molecule has 3 nitrogen and oxygen atoms in total. The Hall–Kier alpha value is -0.120. The van der Waals surface area contributed by atoms with Gasteiger partial charge in [0.05, 0.1) is 13.2 Å². The quantitative estimate of drug-likeness (QED) is 0.0703. The number of ether oxygens (including phenoxy) is 2. The van der Waals surface area contributed by atoms with Gasteiger partial charge in [0.25, 0.3) is 0 Å². The summed E-state index contributed by atoms with van der Waals surface area (Å²) in [4.78, 5) is 0. The molecule has 0 fully saturated rings. The van der Waals surface area contributed by atoms with Crippen molar-refractivity contribution in [2.75, 3.05) is 26.4 Å². The smallest absolute Gasteiger partial charge is 0.104 e. The number of aliphatic hydroxyl groups excluding tert-OH is 1. The fraction of sp³-hybridized carbons (Fsp3) is 1.00. The van der Waals surface area contributed by atoms with Crippen LogP contribution in [0.15, 0.2) is 0 Å². The fourth-order valence-corrected chi connectivity index (χ4v) is 6.96. The molecule has 0 aromatic carbocycles. The van der Waals surface area contributed by atoms with Crippen LogP contribution in [0.2, 0.25) is 0 Å². The van der Waals surface area contributed by atoms with Gasteiger partial charge < -0.3 is 14.6 Å². The first-order valence-corrected chi connectivity index (χ1v) is 20.7. The molecule has 0 saturated heterocycles. The van der Waals surface area contributed by atoms with Gasteiger partial charge in [0.1, 0.15) is 6.10 Å². The normalized spacial score (nSPS) is 16.9. The summed E-state index contributed by atoms with van der Waals surface area (Å²) in [5.74, 6) is 6.57. The van der Waals surface area contributed by atoms with Crippen LogP contribution in [0.5, 0.6) is 0 Å². The molecule has 1 N–H and O–H groups in total. The summed E-state index contributed by atoms with van der Waals surface area (Å²) in [6.07, 6.45) is 26.8. The van der Waals surface area contributed by atoms with Gasteiger partial charge in [-0.15, -0.1) is 0 Å². The van der Waals surface area contributed by atoms with Crippen molar-refractivity contribution in [1.82, 2.24) is 0 Å². The minimum absolute atomic E-state index is 0.0480. The highest BCUT2D eigenvalue weighted by Gasteiger charge is 2.13. The van der Waals surface area contributed by atoms with Crippen LogP contribution in [0, 0.1) is 47.3 Å². The average Bonchev–Trinajstić information content (AvgIpc) is 2.98. The van der Waals surface area contributed by atoms with Gasteiger partial charge >= 0.3 is 0 Å². The first kappa shape index (κ1) is 45.9. The van der Waals surface area contributed by atoms with Crippen molar-refractivity contribution in [3.8, 4) is 0 Å². The van der Waals surface area contributed by atoms with Gasteiger partial charge in [-0.25, -0.2) is 0 Å². The largest absolute Gasteiger partial charge is 0.394 e. The zero-order valence-electron chi connectivity index (χ0n) is 33.4. The van der Waals surface area contributed by atoms with Crippen molar-refractivity contribution in [2.24, 2.45) is 47.3 Å². The van der Waals surface area contributed by atoms with E-state index < -0.39 is 0 Å². The lowest BCUT2D eigenvalue weighted by Gasteiger charge is -2.19. The molecule has 278 valence electrons. The Labute approximate surface area is 291 Å². The summed E-state index contributed by atoms with van der Waals surface area (Å²) in [6, 6.07) is 0. The number of hydrogen-bond donors (Lipinski definition) is 1. The third-order valence-electron chi connectivity index (χ3n) is 10.8. The molecule has 0 aromatic heterocycles. The Morgan fingerprint density at radius 1 is 0.370 bits per heavy atom. The molecular weight excluding hydrogens is 564 g/mol. The van der Waals surface area contributed by atoms with Crippen molar-refractivity contribution >= 4 is 0 Å². The van der Waals surface area contributed by atoms with Gasteiger partial charge in [-0.1, -0.05) is 185 Å². The van der Waals surface area contributed by atoms with Crippen LogP contribution in [0.3, 0.4) is 0 Å². The second kappa shape index (κ2) is 30.9. The maximum Gasteiger partial charge on any atom is 0.104 e. The van der Waals surface area contributed by atoms with Gasteiger partial charge in [0.2, 0.25) is 0 Å². The minimum Gasteiger partial charge on any atom is -0.394 e. The van der Waals surface area contributed by atoms with E-state index in [-0.39, 0.29) is 12.7 Å². The Bertz CT molecular complexity index is 619. The summed E-state index contributed by atoms with van der Waals surface area (Å²) in [7, 11) is 0. The summed E-state index contributed by atoms with van der Waals surface area (Å²) in [5, 5.41) is 9.78. The van der Waals surface area contributed by atoms with Crippen LogP contribution in [-0.4, -0.2) is 37.6 Å². The molecule has 0 aromatic rings. The van der Waals surface area contributed by atoms with E-state index >= 15 is 0 Å². The molecule has 0 aliphatic rings. The van der Waals surface area contributed by atoms with E-state index in [0.717, 1.165) is 61.6 Å². The van der Waals surface area contributed by atoms with Crippen molar-refractivity contribution in [3.05, 3.63) is 0 Å². The highest BCUT2D eigenvalue weighted by Crippen LogP contribution is 2.24. The fourth-order valence-electron chi connectivity index (χ4n) is 6.96. The SMILES string of the molecule is CC(C)CCC[C@@H](C)CCC[C@@H](C)CCC[C@@H](C)CCOC[C@@H](CO)OCC[C@@H](C)CCC[C@@H](C)CCC[C@@H](C)CCCC(C)C. The average molecular weight is 653 g/mol.